The molecule has 0 aliphatic carbocycles. The van der Waals surface area contributed by atoms with Crippen LogP contribution in [0.15, 0.2) is 0 Å². The Bertz CT molecular complexity index is 316. The van der Waals surface area contributed by atoms with Gasteiger partial charge in [0, 0.05) is 17.8 Å². The Morgan fingerprint density at radius 2 is 2.20 bits per heavy atom. The smallest absolute Gasteiger partial charge is 0.221 e. The molecule has 0 bridgehead atoms. The summed E-state index contributed by atoms with van der Waals surface area (Å²) in [6, 6.07) is 0. The lowest BCUT2D eigenvalue weighted by atomic mass is 10.4. The Morgan fingerprint density at radius 3 is 2.73 bits per heavy atom. The number of hydrogen-bond donors (Lipinski definition) is 2. The minimum atomic E-state index is 0.0647. The lowest BCUT2D eigenvalue weighted by Gasteiger charge is -2.01. The summed E-state index contributed by atoms with van der Waals surface area (Å²) in [7, 11) is 1.83. The molecule has 1 aromatic rings. The van der Waals surface area contributed by atoms with Crippen molar-refractivity contribution in [3.63, 3.8) is 0 Å². The van der Waals surface area contributed by atoms with Crippen molar-refractivity contribution in [1.29, 1.82) is 0 Å². The monoisotopic (exact) mass is 227 g/mol. The predicted octanol–water partition coefficient (Wildman–Crippen LogP) is 0.986. The first-order chi connectivity index (χ1) is 7.13. The number of nitrogens with one attached hydrogen (secondary N) is 2. The second-order valence-electron chi connectivity index (χ2n) is 3.38. The Morgan fingerprint density at radius 1 is 1.47 bits per heavy atom. The van der Waals surface area contributed by atoms with Crippen molar-refractivity contribution in [2.45, 2.75) is 26.8 Å². The molecule has 0 aliphatic heterocycles. The summed E-state index contributed by atoms with van der Waals surface area (Å²) in [4.78, 5) is 16.9. The van der Waals surface area contributed by atoms with Crippen molar-refractivity contribution in [1.82, 2.24) is 15.6 Å². The lowest BCUT2D eigenvalue weighted by molar-refractivity contribution is -0.121. The number of amides is 1. The van der Waals surface area contributed by atoms with Crippen molar-refractivity contribution in [3.05, 3.63) is 15.6 Å². The maximum Gasteiger partial charge on any atom is 0.221 e. The molecule has 1 amide bonds. The van der Waals surface area contributed by atoms with E-state index in [0.717, 1.165) is 10.7 Å². The van der Waals surface area contributed by atoms with E-state index in [1.807, 2.05) is 20.9 Å². The van der Waals surface area contributed by atoms with Gasteiger partial charge < -0.3 is 10.6 Å². The summed E-state index contributed by atoms with van der Waals surface area (Å²) in [5, 5.41) is 6.75. The molecule has 0 atom stereocenters. The fraction of sp³-hybridized carbons (Fsp3) is 0.600. The van der Waals surface area contributed by atoms with Crippen molar-refractivity contribution in [3.8, 4) is 0 Å². The van der Waals surface area contributed by atoms with Gasteiger partial charge in [-0.3, -0.25) is 4.79 Å². The van der Waals surface area contributed by atoms with Crippen LogP contribution >= 0.6 is 11.3 Å². The molecule has 0 fully saturated rings. The van der Waals surface area contributed by atoms with Crippen LogP contribution in [0.5, 0.6) is 0 Å². The molecule has 2 N–H and O–H groups in total. The molecule has 0 spiro atoms. The molecule has 0 aliphatic rings. The lowest BCUT2D eigenvalue weighted by Crippen LogP contribution is -2.25. The van der Waals surface area contributed by atoms with E-state index in [0.29, 0.717) is 19.5 Å². The van der Waals surface area contributed by atoms with Crippen molar-refractivity contribution >= 4 is 17.2 Å². The van der Waals surface area contributed by atoms with Crippen molar-refractivity contribution in [2.75, 3.05) is 13.6 Å². The molecular weight excluding hydrogens is 210 g/mol. The number of aryl methyl sites for hydroxylation is 2. The van der Waals surface area contributed by atoms with Gasteiger partial charge in [0.25, 0.3) is 0 Å². The second-order valence-corrected chi connectivity index (χ2v) is 4.67. The number of aromatic nitrogens is 1. The quantitative estimate of drug-likeness (QED) is 0.788. The molecule has 1 aromatic heterocycles. The van der Waals surface area contributed by atoms with E-state index in [1.54, 1.807) is 11.3 Å². The van der Waals surface area contributed by atoms with Crippen LogP contribution in [0.4, 0.5) is 0 Å². The summed E-state index contributed by atoms with van der Waals surface area (Å²) in [5.41, 5.74) is 1.06. The van der Waals surface area contributed by atoms with Gasteiger partial charge in [-0.05, 0) is 20.9 Å². The molecule has 0 radical (unpaired) electrons. The number of nitrogens with zero attached hydrogens (tertiary/aromatic N) is 1. The van der Waals surface area contributed by atoms with Gasteiger partial charge in [-0.2, -0.15) is 0 Å². The third kappa shape index (κ3) is 3.97. The molecule has 84 valence electrons. The van der Waals surface area contributed by atoms with Gasteiger partial charge in [0.1, 0.15) is 5.01 Å². The van der Waals surface area contributed by atoms with E-state index in [4.69, 9.17) is 0 Å². The molecule has 0 saturated carbocycles. The standard InChI is InChI=1S/C10H17N3OS/c1-7-8(2)15-10(13-7)6-12-9(14)4-5-11-3/h11H,4-6H2,1-3H3,(H,12,14). The first-order valence-electron chi connectivity index (χ1n) is 4.97. The highest BCUT2D eigenvalue weighted by Crippen LogP contribution is 2.15. The largest absolute Gasteiger partial charge is 0.350 e. The van der Waals surface area contributed by atoms with Gasteiger partial charge in [0.2, 0.25) is 5.91 Å². The van der Waals surface area contributed by atoms with Gasteiger partial charge in [0.15, 0.2) is 0 Å². The van der Waals surface area contributed by atoms with E-state index in [2.05, 4.69) is 15.6 Å². The SMILES string of the molecule is CNCCC(=O)NCc1nc(C)c(C)s1. The summed E-state index contributed by atoms with van der Waals surface area (Å²) in [6.45, 7) is 5.28. The van der Waals surface area contributed by atoms with Crippen LogP contribution < -0.4 is 10.6 Å². The zero-order chi connectivity index (χ0) is 11.3. The predicted molar refractivity (Wildman–Crippen MR) is 62.0 cm³/mol. The number of carbonyl (C=O) groups is 1. The Kier molecular flexibility index (Phi) is 4.71. The first-order valence-corrected chi connectivity index (χ1v) is 5.79. The van der Waals surface area contributed by atoms with Crippen LogP contribution in [-0.2, 0) is 11.3 Å². The Balaban J connectivity index is 2.33. The zero-order valence-electron chi connectivity index (χ0n) is 9.39. The van der Waals surface area contributed by atoms with E-state index in [1.165, 1.54) is 4.88 Å². The van der Waals surface area contributed by atoms with Crippen LogP contribution in [0, 0.1) is 13.8 Å². The minimum Gasteiger partial charge on any atom is -0.350 e. The van der Waals surface area contributed by atoms with Gasteiger partial charge in [-0.15, -0.1) is 11.3 Å². The van der Waals surface area contributed by atoms with Gasteiger partial charge in [-0.1, -0.05) is 0 Å². The Labute approximate surface area is 94.1 Å². The highest BCUT2D eigenvalue weighted by Gasteiger charge is 2.05. The summed E-state index contributed by atoms with van der Waals surface area (Å²) >= 11 is 1.64. The van der Waals surface area contributed by atoms with Gasteiger partial charge in [0.05, 0.1) is 12.2 Å². The number of carbonyl (C=O) groups excluding carboxylic acids is 1. The first kappa shape index (κ1) is 12.1. The molecule has 0 saturated heterocycles. The molecule has 0 aromatic carbocycles. The minimum absolute atomic E-state index is 0.0647. The molecule has 5 heteroatoms. The highest BCUT2D eigenvalue weighted by molar-refractivity contribution is 7.11. The third-order valence-electron chi connectivity index (χ3n) is 2.11. The maximum atomic E-state index is 11.3. The zero-order valence-corrected chi connectivity index (χ0v) is 10.2. The summed E-state index contributed by atoms with van der Waals surface area (Å²) in [6.07, 6.45) is 0.514. The van der Waals surface area contributed by atoms with Gasteiger partial charge >= 0.3 is 0 Å². The normalized spacial score (nSPS) is 10.3. The molecule has 1 heterocycles. The van der Waals surface area contributed by atoms with Crippen molar-refractivity contribution < 1.29 is 4.79 Å². The number of rotatable bonds is 5. The van der Waals surface area contributed by atoms with E-state index >= 15 is 0 Å². The summed E-state index contributed by atoms with van der Waals surface area (Å²) in [5.74, 6) is 0.0647. The van der Waals surface area contributed by atoms with Crippen LogP contribution in [0.25, 0.3) is 0 Å². The molecular formula is C10H17N3OS. The van der Waals surface area contributed by atoms with Crippen LogP contribution in [-0.4, -0.2) is 24.5 Å². The fourth-order valence-electron chi connectivity index (χ4n) is 1.12. The van der Waals surface area contributed by atoms with Crippen LogP contribution in [0.2, 0.25) is 0 Å². The highest BCUT2D eigenvalue weighted by atomic mass is 32.1. The maximum absolute atomic E-state index is 11.3. The Hall–Kier alpha value is -0.940. The molecule has 15 heavy (non-hydrogen) atoms. The average molecular weight is 227 g/mol. The van der Waals surface area contributed by atoms with Crippen LogP contribution in [0.3, 0.4) is 0 Å². The molecule has 4 nitrogen and oxygen atoms in total. The van der Waals surface area contributed by atoms with Crippen LogP contribution in [0.1, 0.15) is 22.0 Å². The molecule has 0 unspecified atom stereocenters. The number of hydrogen-bond acceptors (Lipinski definition) is 4. The van der Waals surface area contributed by atoms with E-state index in [9.17, 15) is 4.79 Å². The fourth-order valence-corrected chi connectivity index (χ4v) is 1.99. The third-order valence-corrected chi connectivity index (χ3v) is 3.18. The second kappa shape index (κ2) is 5.82. The van der Waals surface area contributed by atoms with E-state index < -0.39 is 0 Å². The average Bonchev–Trinajstić information content (AvgIpc) is 2.52. The summed E-state index contributed by atoms with van der Waals surface area (Å²) < 4.78 is 0. The van der Waals surface area contributed by atoms with E-state index in [-0.39, 0.29) is 5.91 Å². The molecule has 1 rings (SSSR count). The topological polar surface area (TPSA) is 54.0 Å². The van der Waals surface area contributed by atoms with Crippen molar-refractivity contribution in [2.24, 2.45) is 0 Å². The number of thiazole rings is 1. The van der Waals surface area contributed by atoms with Gasteiger partial charge in [-0.25, -0.2) is 4.98 Å².